The molecule has 1 aromatic carbocycles. The van der Waals surface area contributed by atoms with Crippen LogP contribution in [0.5, 0.6) is 0 Å². The van der Waals surface area contributed by atoms with E-state index in [1.54, 1.807) is 0 Å². The molecule has 1 saturated heterocycles. The minimum atomic E-state index is -0.237. The summed E-state index contributed by atoms with van der Waals surface area (Å²) < 4.78 is 11.5. The molecule has 2 rings (SSSR count). The molecule has 1 heterocycles. The predicted octanol–water partition coefficient (Wildman–Crippen LogP) is 1.87. The van der Waals surface area contributed by atoms with Gasteiger partial charge in [-0.3, -0.25) is 4.79 Å². The van der Waals surface area contributed by atoms with Gasteiger partial charge in [-0.05, 0) is 11.6 Å². The van der Waals surface area contributed by atoms with Gasteiger partial charge in [0.15, 0.2) is 0 Å². The van der Waals surface area contributed by atoms with Crippen molar-refractivity contribution >= 4 is 21.9 Å². The highest BCUT2D eigenvalue weighted by molar-refractivity contribution is 9.10. The summed E-state index contributed by atoms with van der Waals surface area (Å²) in [4.78, 5) is 11.3. The van der Waals surface area contributed by atoms with Gasteiger partial charge in [-0.2, -0.15) is 0 Å². The first-order valence-electron chi connectivity index (χ1n) is 5.87. The lowest BCUT2D eigenvalue weighted by Crippen LogP contribution is -2.31. The Morgan fingerprint density at radius 2 is 2.28 bits per heavy atom. The van der Waals surface area contributed by atoms with Crippen LogP contribution in [0.4, 0.5) is 0 Å². The van der Waals surface area contributed by atoms with Gasteiger partial charge in [0.2, 0.25) is 0 Å². The fraction of sp³-hybridized carbons (Fsp3) is 0.462. The molecule has 18 heavy (non-hydrogen) atoms. The molecule has 0 amide bonds. The van der Waals surface area contributed by atoms with E-state index in [9.17, 15) is 4.79 Å². The van der Waals surface area contributed by atoms with Crippen LogP contribution in [0.2, 0.25) is 0 Å². The molecule has 0 bridgehead atoms. The number of esters is 1. The molecule has 5 heteroatoms. The van der Waals surface area contributed by atoms with Gasteiger partial charge in [-0.1, -0.05) is 34.1 Å². The van der Waals surface area contributed by atoms with Crippen molar-refractivity contribution in [3.05, 3.63) is 34.3 Å². The lowest BCUT2D eigenvalue weighted by molar-refractivity contribution is -0.142. The number of halogens is 1. The van der Waals surface area contributed by atoms with Crippen molar-refractivity contribution in [2.75, 3.05) is 13.7 Å². The Hall–Kier alpha value is -0.910. The third-order valence-corrected chi connectivity index (χ3v) is 3.78. The summed E-state index contributed by atoms with van der Waals surface area (Å²) >= 11 is 3.48. The van der Waals surface area contributed by atoms with Crippen LogP contribution >= 0.6 is 15.9 Å². The highest BCUT2D eigenvalue weighted by atomic mass is 79.9. The lowest BCUT2D eigenvalue weighted by Gasteiger charge is -2.11. The van der Waals surface area contributed by atoms with Crippen LogP contribution in [0.25, 0.3) is 0 Å². The Kier molecular flexibility index (Phi) is 4.74. The van der Waals surface area contributed by atoms with Gasteiger partial charge in [-0.15, -0.1) is 0 Å². The zero-order chi connectivity index (χ0) is 13.0. The molecule has 1 N–H and O–H groups in total. The number of nitrogens with one attached hydrogen (secondary N) is 1. The predicted molar refractivity (Wildman–Crippen MR) is 71.1 cm³/mol. The van der Waals surface area contributed by atoms with Crippen LogP contribution in [0.15, 0.2) is 28.7 Å². The molecular formula is C13H16BrNO3. The van der Waals surface area contributed by atoms with Gasteiger partial charge in [0.25, 0.3) is 0 Å². The first-order chi connectivity index (χ1) is 8.70. The van der Waals surface area contributed by atoms with Crippen molar-refractivity contribution in [1.29, 1.82) is 0 Å². The zero-order valence-electron chi connectivity index (χ0n) is 10.2. The van der Waals surface area contributed by atoms with E-state index in [1.807, 2.05) is 24.3 Å². The largest absolute Gasteiger partial charge is 0.468 e. The summed E-state index contributed by atoms with van der Waals surface area (Å²) in [5.74, 6) is -0.220. The van der Waals surface area contributed by atoms with Gasteiger partial charge >= 0.3 is 5.97 Å². The third-order valence-electron chi connectivity index (χ3n) is 3.01. The summed E-state index contributed by atoms with van der Waals surface area (Å²) in [5.41, 5.74) is 1.11. The molecule has 1 fully saturated rings. The first kappa shape index (κ1) is 13.5. The van der Waals surface area contributed by atoms with Crippen LogP contribution < -0.4 is 5.32 Å². The number of rotatable bonds is 4. The molecule has 1 aliphatic heterocycles. The van der Waals surface area contributed by atoms with Crippen molar-refractivity contribution < 1.29 is 14.3 Å². The van der Waals surface area contributed by atoms with Crippen LogP contribution in [0.1, 0.15) is 12.0 Å². The van der Waals surface area contributed by atoms with Crippen LogP contribution in [0.3, 0.4) is 0 Å². The first-order valence-corrected chi connectivity index (χ1v) is 6.66. The molecule has 0 aromatic heterocycles. The number of hydrogen-bond acceptors (Lipinski definition) is 4. The van der Waals surface area contributed by atoms with Crippen LogP contribution in [-0.2, 0) is 20.9 Å². The fourth-order valence-electron chi connectivity index (χ4n) is 1.98. The van der Waals surface area contributed by atoms with E-state index in [-0.39, 0.29) is 18.1 Å². The van der Waals surface area contributed by atoms with E-state index in [4.69, 9.17) is 9.47 Å². The Bertz CT molecular complexity index is 424. The third kappa shape index (κ3) is 3.31. The average Bonchev–Trinajstić information content (AvgIpc) is 2.86. The number of carbonyl (C=O) groups excluding carboxylic acids is 1. The molecule has 0 saturated carbocycles. The molecule has 0 aliphatic carbocycles. The van der Waals surface area contributed by atoms with Crippen LogP contribution in [-0.4, -0.2) is 31.8 Å². The van der Waals surface area contributed by atoms with Crippen molar-refractivity contribution in [3.8, 4) is 0 Å². The second-order valence-corrected chi connectivity index (χ2v) is 5.10. The molecule has 2 atom stereocenters. The van der Waals surface area contributed by atoms with Crippen molar-refractivity contribution in [3.63, 3.8) is 0 Å². The molecule has 1 aliphatic rings. The second kappa shape index (κ2) is 6.31. The van der Waals surface area contributed by atoms with Crippen molar-refractivity contribution in [2.24, 2.45) is 0 Å². The highest BCUT2D eigenvalue weighted by Crippen LogP contribution is 2.19. The lowest BCUT2D eigenvalue weighted by atomic mass is 10.2. The molecule has 1 aromatic rings. The van der Waals surface area contributed by atoms with E-state index in [0.717, 1.165) is 10.0 Å². The highest BCUT2D eigenvalue weighted by Gasteiger charge is 2.30. The molecule has 4 nitrogen and oxygen atoms in total. The van der Waals surface area contributed by atoms with Crippen molar-refractivity contribution in [2.45, 2.75) is 25.2 Å². The maximum Gasteiger partial charge on any atom is 0.322 e. The summed E-state index contributed by atoms with van der Waals surface area (Å²) in [6.45, 7) is 1.23. The fourth-order valence-corrected chi connectivity index (χ4v) is 2.37. The Balaban J connectivity index is 1.82. The van der Waals surface area contributed by atoms with Crippen LogP contribution in [0, 0.1) is 0 Å². The van der Waals surface area contributed by atoms with Gasteiger partial charge < -0.3 is 14.8 Å². The Morgan fingerprint density at radius 3 is 3.00 bits per heavy atom. The molecule has 98 valence electrons. The zero-order valence-corrected chi connectivity index (χ0v) is 11.8. The van der Waals surface area contributed by atoms with Gasteiger partial charge in [0.1, 0.15) is 6.04 Å². The topological polar surface area (TPSA) is 47.6 Å². The number of hydrogen-bond donors (Lipinski definition) is 1. The molecule has 0 unspecified atom stereocenters. The number of benzene rings is 1. The van der Waals surface area contributed by atoms with Gasteiger partial charge in [0, 0.05) is 17.4 Å². The van der Waals surface area contributed by atoms with E-state index >= 15 is 0 Å². The summed E-state index contributed by atoms with van der Waals surface area (Å²) in [6.07, 6.45) is 0.720. The van der Waals surface area contributed by atoms with E-state index in [2.05, 4.69) is 21.2 Å². The summed E-state index contributed by atoms with van der Waals surface area (Å²) in [7, 11) is 1.40. The molecule has 0 spiro atoms. The minimum Gasteiger partial charge on any atom is -0.468 e. The van der Waals surface area contributed by atoms with E-state index < -0.39 is 0 Å². The monoisotopic (exact) mass is 313 g/mol. The number of carbonyl (C=O) groups is 1. The van der Waals surface area contributed by atoms with Crippen molar-refractivity contribution in [1.82, 2.24) is 5.32 Å². The van der Waals surface area contributed by atoms with Gasteiger partial charge in [-0.25, -0.2) is 0 Å². The summed E-state index contributed by atoms with van der Waals surface area (Å²) in [6, 6.07) is 7.72. The quantitative estimate of drug-likeness (QED) is 0.862. The Labute approximate surface area is 115 Å². The number of ether oxygens (including phenoxy) is 2. The van der Waals surface area contributed by atoms with E-state index in [1.165, 1.54) is 7.11 Å². The SMILES string of the molecule is COC(=O)[C@@H]1C[C@@H](OCc2ccccc2Br)CN1. The standard InChI is InChI=1S/C13H16BrNO3/c1-17-13(16)12-6-10(7-15-12)18-8-9-4-2-3-5-11(9)14/h2-5,10,12,15H,6-8H2,1H3/t10-,12+/m1/s1. The minimum absolute atomic E-state index is 0.0567. The maximum absolute atomic E-state index is 11.3. The second-order valence-electron chi connectivity index (χ2n) is 4.24. The number of methoxy groups -OCH3 is 1. The van der Waals surface area contributed by atoms with Gasteiger partial charge in [0.05, 0.1) is 19.8 Å². The normalized spacial score (nSPS) is 23.0. The molecular weight excluding hydrogens is 298 g/mol. The summed E-state index contributed by atoms with van der Waals surface area (Å²) in [5, 5.41) is 3.10. The molecule has 0 radical (unpaired) electrons. The Morgan fingerprint density at radius 1 is 1.50 bits per heavy atom. The smallest absolute Gasteiger partial charge is 0.322 e. The average molecular weight is 314 g/mol. The van der Waals surface area contributed by atoms with E-state index in [0.29, 0.717) is 19.6 Å². The maximum atomic E-state index is 11.3.